The van der Waals surface area contributed by atoms with Gasteiger partial charge in [-0.15, -0.1) is 5.10 Å². The number of aromatic nitrogens is 3. The molecule has 0 radical (unpaired) electrons. The van der Waals surface area contributed by atoms with E-state index in [1.54, 1.807) is 25.3 Å². The smallest absolute Gasteiger partial charge is 0.275 e. The molecule has 1 N–H and O–H groups in total. The van der Waals surface area contributed by atoms with Crippen molar-refractivity contribution < 1.29 is 10.0 Å². The van der Waals surface area contributed by atoms with E-state index in [-0.39, 0.29) is 12.2 Å². The summed E-state index contributed by atoms with van der Waals surface area (Å²) in [7, 11) is 0. The lowest BCUT2D eigenvalue weighted by Crippen LogP contribution is -2.04. The lowest BCUT2D eigenvalue weighted by atomic mass is 10.2. The van der Waals surface area contributed by atoms with Gasteiger partial charge in [0.2, 0.25) is 0 Å². The molecule has 1 aromatic heterocycles. The Hall–Kier alpha value is -1.80. The van der Waals surface area contributed by atoms with E-state index in [4.69, 9.17) is 0 Å². The van der Waals surface area contributed by atoms with Crippen LogP contribution in [0.25, 0.3) is 0 Å². The van der Waals surface area contributed by atoms with Crippen molar-refractivity contribution in [1.82, 2.24) is 15.0 Å². The molecule has 1 heterocycles. The van der Waals surface area contributed by atoms with Crippen molar-refractivity contribution in [2.45, 2.75) is 19.6 Å². The highest BCUT2D eigenvalue weighted by Crippen LogP contribution is 2.24. The van der Waals surface area contributed by atoms with Gasteiger partial charge in [0, 0.05) is 10.5 Å². The van der Waals surface area contributed by atoms with Gasteiger partial charge in [0.15, 0.2) is 0 Å². The molecule has 1 atom stereocenters. The lowest BCUT2D eigenvalue weighted by molar-refractivity contribution is -0.385. The first-order valence-corrected chi connectivity index (χ1v) is 6.27. The second-order valence-electron chi connectivity index (χ2n) is 4.05. The zero-order valence-corrected chi connectivity index (χ0v) is 11.6. The summed E-state index contributed by atoms with van der Waals surface area (Å²) in [5.74, 6) is 0. The predicted octanol–water partition coefficient (Wildman–Crippen LogP) is 2.05. The molecule has 1 aromatic carbocycles. The topological polar surface area (TPSA) is 94.1 Å². The summed E-state index contributed by atoms with van der Waals surface area (Å²) in [6, 6.07) is 4.84. The quantitative estimate of drug-likeness (QED) is 0.685. The van der Waals surface area contributed by atoms with Crippen molar-refractivity contribution in [3.8, 4) is 0 Å². The Bertz CT molecular complexity index is 612. The fraction of sp³-hybridized carbons (Fsp3) is 0.273. The largest absolute Gasteiger partial charge is 0.387 e. The van der Waals surface area contributed by atoms with Crippen molar-refractivity contribution >= 4 is 21.6 Å². The number of benzene rings is 1. The van der Waals surface area contributed by atoms with E-state index in [0.29, 0.717) is 15.7 Å². The molecule has 0 aliphatic carbocycles. The van der Waals surface area contributed by atoms with E-state index in [0.717, 1.165) is 0 Å². The molecule has 7 nitrogen and oxygen atoms in total. The molecule has 0 aliphatic rings. The van der Waals surface area contributed by atoms with Crippen LogP contribution >= 0.6 is 15.9 Å². The number of rotatable bonds is 4. The predicted molar refractivity (Wildman–Crippen MR) is 70.6 cm³/mol. The maximum atomic E-state index is 11.0. The Morgan fingerprint density at radius 3 is 2.89 bits per heavy atom. The van der Waals surface area contributed by atoms with Gasteiger partial charge in [-0.2, -0.15) is 0 Å². The number of hydrogen-bond donors (Lipinski definition) is 1. The van der Waals surface area contributed by atoms with Crippen LogP contribution in [0.3, 0.4) is 0 Å². The Labute approximate surface area is 117 Å². The third kappa shape index (κ3) is 3.15. The van der Waals surface area contributed by atoms with Crippen molar-refractivity contribution in [3.63, 3.8) is 0 Å². The van der Waals surface area contributed by atoms with Crippen LogP contribution in [0, 0.1) is 10.1 Å². The average molecular weight is 327 g/mol. The number of aliphatic hydroxyl groups excluding tert-OH is 1. The molecule has 19 heavy (non-hydrogen) atoms. The highest BCUT2D eigenvalue weighted by atomic mass is 79.9. The van der Waals surface area contributed by atoms with Gasteiger partial charge in [-0.05, 0) is 19.1 Å². The fourth-order valence-electron chi connectivity index (χ4n) is 1.60. The molecule has 0 saturated heterocycles. The van der Waals surface area contributed by atoms with E-state index in [1.165, 1.54) is 10.7 Å². The third-order valence-electron chi connectivity index (χ3n) is 2.56. The fourth-order valence-corrected chi connectivity index (χ4v) is 1.95. The molecule has 0 aliphatic heterocycles. The molecular formula is C11H11BrN4O3. The lowest BCUT2D eigenvalue weighted by Gasteiger charge is -2.03. The van der Waals surface area contributed by atoms with Gasteiger partial charge in [0.05, 0.1) is 29.3 Å². The third-order valence-corrected chi connectivity index (χ3v) is 3.05. The summed E-state index contributed by atoms with van der Waals surface area (Å²) in [5.41, 5.74) is 0.971. The molecular weight excluding hydrogens is 316 g/mol. The van der Waals surface area contributed by atoms with Crippen molar-refractivity contribution in [2.24, 2.45) is 0 Å². The number of nitrogens with zero attached hydrogens (tertiary/aromatic N) is 4. The van der Waals surface area contributed by atoms with E-state index >= 15 is 0 Å². The van der Waals surface area contributed by atoms with Gasteiger partial charge in [-0.1, -0.05) is 21.1 Å². The van der Waals surface area contributed by atoms with Crippen LogP contribution in [-0.2, 0) is 6.54 Å². The highest BCUT2D eigenvalue weighted by Gasteiger charge is 2.15. The van der Waals surface area contributed by atoms with Crippen molar-refractivity contribution in [3.05, 3.63) is 50.2 Å². The van der Waals surface area contributed by atoms with E-state index in [2.05, 4.69) is 26.2 Å². The van der Waals surface area contributed by atoms with Crippen LogP contribution in [0.2, 0.25) is 0 Å². The van der Waals surface area contributed by atoms with Crippen molar-refractivity contribution in [1.29, 1.82) is 0 Å². The number of hydrogen-bond acceptors (Lipinski definition) is 5. The molecule has 2 rings (SSSR count). The molecule has 1 unspecified atom stereocenters. The van der Waals surface area contributed by atoms with Gasteiger partial charge in [-0.25, -0.2) is 4.68 Å². The molecule has 0 fully saturated rings. The zero-order valence-electron chi connectivity index (χ0n) is 10.0. The maximum Gasteiger partial charge on any atom is 0.275 e. The Morgan fingerprint density at radius 2 is 2.32 bits per heavy atom. The number of nitro groups is 1. The zero-order chi connectivity index (χ0) is 14.0. The summed E-state index contributed by atoms with van der Waals surface area (Å²) < 4.78 is 2.10. The molecule has 0 bridgehead atoms. The molecule has 0 spiro atoms. The van der Waals surface area contributed by atoms with E-state index < -0.39 is 11.0 Å². The first-order valence-electron chi connectivity index (χ1n) is 5.48. The maximum absolute atomic E-state index is 11.0. The van der Waals surface area contributed by atoms with Gasteiger partial charge < -0.3 is 5.11 Å². The monoisotopic (exact) mass is 326 g/mol. The summed E-state index contributed by atoms with van der Waals surface area (Å²) in [4.78, 5) is 10.5. The molecule has 0 saturated carbocycles. The Kier molecular flexibility index (Phi) is 3.91. The van der Waals surface area contributed by atoms with Crippen LogP contribution in [-0.4, -0.2) is 25.0 Å². The van der Waals surface area contributed by atoms with Gasteiger partial charge in [0.25, 0.3) is 5.69 Å². The number of halogens is 1. The van der Waals surface area contributed by atoms with Crippen LogP contribution in [0.1, 0.15) is 24.3 Å². The SMILES string of the molecule is CC(O)c1cn(Cc2ccc(Br)cc2[N+](=O)[O-])nn1. The van der Waals surface area contributed by atoms with Crippen LogP contribution < -0.4 is 0 Å². The minimum absolute atomic E-state index is 0.0171. The first-order chi connectivity index (χ1) is 8.97. The van der Waals surface area contributed by atoms with Crippen LogP contribution in [0.15, 0.2) is 28.9 Å². The standard InChI is InChI=1S/C11H11BrN4O3/c1-7(17)10-6-15(14-13-10)5-8-2-3-9(12)4-11(8)16(18)19/h2-4,6-7,17H,5H2,1H3. The van der Waals surface area contributed by atoms with Gasteiger partial charge in [-0.3, -0.25) is 10.1 Å². The van der Waals surface area contributed by atoms with Gasteiger partial charge >= 0.3 is 0 Å². The molecule has 8 heteroatoms. The summed E-state index contributed by atoms with van der Waals surface area (Å²) in [6.45, 7) is 1.81. The average Bonchev–Trinajstić information content (AvgIpc) is 2.80. The second-order valence-corrected chi connectivity index (χ2v) is 4.96. The minimum atomic E-state index is -0.714. The van der Waals surface area contributed by atoms with Crippen LogP contribution in [0.4, 0.5) is 5.69 Å². The second kappa shape index (κ2) is 5.45. The molecule has 2 aromatic rings. The van der Waals surface area contributed by atoms with E-state index in [1.807, 2.05) is 0 Å². The number of nitro benzene ring substituents is 1. The summed E-state index contributed by atoms with van der Waals surface area (Å²) in [5, 5.41) is 27.9. The molecule has 0 amide bonds. The first kappa shape index (κ1) is 13.6. The normalized spacial score (nSPS) is 12.4. The number of aliphatic hydroxyl groups is 1. The summed E-state index contributed by atoms with van der Waals surface area (Å²) >= 11 is 3.20. The van der Waals surface area contributed by atoms with Crippen molar-refractivity contribution in [2.75, 3.05) is 0 Å². The Morgan fingerprint density at radius 1 is 1.58 bits per heavy atom. The van der Waals surface area contributed by atoms with Crippen LogP contribution in [0.5, 0.6) is 0 Å². The van der Waals surface area contributed by atoms with Gasteiger partial charge in [0.1, 0.15) is 5.69 Å². The minimum Gasteiger partial charge on any atom is -0.387 e. The van der Waals surface area contributed by atoms with E-state index in [9.17, 15) is 15.2 Å². The Balaban J connectivity index is 2.29. The highest BCUT2D eigenvalue weighted by molar-refractivity contribution is 9.10. The molecule has 100 valence electrons. The summed E-state index contributed by atoms with van der Waals surface area (Å²) in [6.07, 6.45) is 0.852.